The number of fused-ring (bicyclic) bond motifs is 1. The topological polar surface area (TPSA) is 78.9 Å². The highest BCUT2D eigenvalue weighted by Gasteiger charge is 2.57. The van der Waals surface area contributed by atoms with Crippen molar-refractivity contribution < 1.29 is 19.4 Å². The van der Waals surface area contributed by atoms with Crippen LogP contribution in [0.4, 0.5) is 4.79 Å². The number of piperidine rings is 1. The molecule has 0 radical (unpaired) electrons. The van der Waals surface area contributed by atoms with Gasteiger partial charge in [-0.3, -0.25) is 4.79 Å². The molecule has 2 N–H and O–H groups in total. The van der Waals surface area contributed by atoms with Crippen LogP contribution in [0.25, 0.3) is 0 Å². The molecule has 1 unspecified atom stereocenters. The maximum absolute atomic E-state index is 12.9. The summed E-state index contributed by atoms with van der Waals surface area (Å²) in [5.74, 6) is 1.46. The lowest BCUT2D eigenvalue weighted by Gasteiger charge is -2.26. The van der Waals surface area contributed by atoms with Gasteiger partial charge in [-0.15, -0.1) is 0 Å². The first-order valence-corrected chi connectivity index (χ1v) is 10.7. The van der Waals surface area contributed by atoms with Gasteiger partial charge < -0.3 is 20.1 Å². The first kappa shape index (κ1) is 21.6. The van der Waals surface area contributed by atoms with Gasteiger partial charge in [-0.05, 0) is 42.2 Å². The number of ether oxygens (including phenoxy) is 1. The lowest BCUT2D eigenvalue weighted by Crippen LogP contribution is -2.41. The SMILES string of the molecule is CCOC(=O)NC[C@@H](CC)C(=O)N1C[C@@H]2C(c3cccc(C(C)(C)CO)c3)[C@@H]2C1. The molecule has 29 heavy (non-hydrogen) atoms. The van der Waals surface area contributed by atoms with Crippen LogP contribution in [-0.2, 0) is 14.9 Å². The zero-order valence-corrected chi connectivity index (χ0v) is 18.0. The van der Waals surface area contributed by atoms with Crippen LogP contribution in [0, 0.1) is 17.8 Å². The number of likely N-dealkylation sites (tertiary alicyclic amines) is 1. The number of hydrogen-bond acceptors (Lipinski definition) is 4. The molecular formula is C23H34N2O4. The Morgan fingerprint density at radius 3 is 2.55 bits per heavy atom. The van der Waals surface area contributed by atoms with E-state index in [2.05, 4.69) is 43.4 Å². The van der Waals surface area contributed by atoms with Gasteiger partial charge >= 0.3 is 6.09 Å². The fourth-order valence-electron chi connectivity index (χ4n) is 4.51. The Hall–Kier alpha value is -2.08. The van der Waals surface area contributed by atoms with Gasteiger partial charge in [0.25, 0.3) is 0 Å². The van der Waals surface area contributed by atoms with Crippen LogP contribution in [0.3, 0.4) is 0 Å². The second kappa shape index (κ2) is 8.74. The molecule has 3 rings (SSSR count). The van der Waals surface area contributed by atoms with E-state index in [1.807, 2.05) is 11.8 Å². The summed E-state index contributed by atoms with van der Waals surface area (Å²) in [7, 11) is 0. The Morgan fingerprint density at radius 1 is 1.28 bits per heavy atom. The molecular weight excluding hydrogens is 368 g/mol. The van der Waals surface area contributed by atoms with E-state index in [9.17, 15) is 14.7 Å². The lowest BCUT2D eigenvalue weighted by molar-refractivity contribution is -0.135. The number of rotatable bonds is 8. The summed E-state index contributed by atoms with van der Waals surface area (Å²) in [5, 5.41) is 12.3. The molecule has 1 aliphatic heterocycles. The second-order valence-electron chi connectivity index (χ2n) is 8.97. The summed E-state index contributed by atoms with van der Waals surface area (Å²) in [6, 6.07) is 8.55. The predicted octanol–water partition coefficient (Wildman–Crippen LogP) is 2.90. The molecule has 1 aliphatic carbocycles. The summed E-state index contributed by atoms with van der Waals surface area (Å²) in [6.45, 7) is 10.2. The summed E-state index contributed by atoms with van der Waals surface area (Å²) in [4.78, 5) is 26.4. The Balaban J connectivity index is 1.56. The van der Waals surface area contributed by atoms with Crippen LogP contribution in [0.1, 0.15) is 51.2 Å². The first-order chi connectivity index (χ1) is 13.8. The number of amides is 2. The molecule has 4 atom stereocenters. The normalized spacial score (nSPS) is 24.0. The second-order valence-corrected chi connectivity index (χ2v) is 8.97. The minimum absolute atomic E-state index is 0.120. The minimum Gasteiger partial charge on any atom is -0.450 e. The fraction of sp³-hybridized carbons (Fsp3) is 0.652. The van der Waals surface area contributed by atoms with Crippen LogP contribution in [-0.4, -0.2) is 54.9 Å². The summed E-state index contributed by atoms with van der Waals surface area (Å²) < 4.78 is 4.88. The van der Waals surface area contributed by atoms with E-state index < -0.39 is 6.09 Å². The van der Waals surface area contributed by atoms with E-state index in [0.717, 1.165) is 18.7 Å². The molecule has 0 spiro atoms. The van der Waals surface area contributed by atoms with Crippen LogP contribution in [0.15, 0.2) is 24.3 Å². The number of carbonyl (C=O) groups excluding carboxylic acids is 2. The van der Waals surface area contributed by atoms with Crippen molar-refractivity contribution in [3.05, 3.63) is 35.4 Å². The quantitative estimate of drug-likeness (QED) is 0.701. The smallest absolute Gasteiger partial charge is 0.407 e. The molecule has 2 aliphatic rings. The number of aliphatic hydroxyl groups excluding tert-OH is 1. The maximum atomic E-state index is 12.9. The van der Waals surface area contributed by atoms with Crippen LogP contribution in [0.2, 0.25) is 0 Å². The van der Waals surface area contributed by atoms with Gasteiger partial charge in [0.1, 0.15) is 0 Å². The number of hydrogen-bond donors (Lipinski definition) is 2. The third-order valence-electron chi connectivity index (χ3n) is 6.56. The molecule has 1 saturated carbocycles. The summed E-state index contributed by atoms with van der Waals surface area (Å²) in [6.07, 6.45) is 0.229. The van der Waals surface area contributed by atoms with Gasteiger partial charge in [0.2, 0.25) is 5.91 Å². The number of nitrogens with one attached hydrogen (secondary N) is 1. The average Bonchev–Trinajstić information content (AvgIpc) is 3.22. The van der Waals surface area contributed by atoms with E-state index in [1.165, 1.54) is 5.56 Å². The molecule has 1 heterocycles. The highest BCUT2D eigenvalue weighted by atomic mass is 16.5. The van der Waals surface area contributed by atoms with Crippen molar-refractivity contribution in [2.75, 3.05) is 32.8 Å². The molecule has 1 saturated heterocycles. The number of nitrogens with zero attached hydrogens (tertiary/aromatic N) is 1. The number of carbonyl (C=O) groups is 2. The van der Waals surface area contributed by atoms with E-state index in [4.69, 9.17) is 4.74 Å². The Morgan fingerprint density at radius 2 is 1.97 bits per heavy atom. The molecule has 6 nitrogen and oxygen atoms in total. The predicted molar refractivity (Wildman–Crippen MR) is 112 cm³/mol. The van der Waals surface area contributed by atoms with Gasteiger partial charge in [0.15, 0.2) is 0 Å². The van der Waals surface area contributed by atoms with Crippen molar-refractivity contribution >= 4 is 12.0 Å². The Bertz CT molecular complexity index is 736. The average molecular weight is 403 g/mol. The number of benzene rings is 1. The highest BCUT2D eigenvalue weighted by molar-refractivity contribution is 5.80. The minimum atomic E-state index is -0.464. The van der Waals surface area contributed by atoms with Gasteiger partial charge in [0, 0.05) is 25.0 Å². The third kappa shape index (κ3) is 4.58. The standard InChI is InChI=1S/C23H34N2O4/c1-5-15(11-24-22(28)29-6-2)21(27)25-12-18-19(13-25)20(18)16-8-7-9-17(10-16)23(3,4)14-26/h7-10,15,18-20,26H,5-6,11-14H2,1-4H3,(H,24,28)/t15-,18-,19+,20?/m1/s1. The molecule has 2 fully saturated rings. The molecule has 2 amide bonds. The summed E-state index contributed by atoms with van der Waals surface area (Å²) in [5.41, 5.74) is 2.23. The van der Waals surface area contributed by atoms with E-state index in [-0.39, 0.29) is 23.8 Å². The molecule has 160 valence electrons. The Kier molecular flexibility index (Phi) is 6.52. The zero-order chi connectivity index (χ0) is 21.2. The molecule has 1 aromatic carbocycles. The number of aliphatic hydroxyl groups is 1. The molecule has 0 aromatic heterocycles. The van der Waals surface area contributed by atoms with Crippen molar-refractivity contribution in [1.82, 2.24) is 10.2 Å². The van der Waals surface area contributed by atoms with Crippen molar-refractivity contribution in [2.24, 2.45) is 17.8 Å². The fourth-order valence-corrected chi connectivity index (χ4v) is 4.51. The van der Waals surface area contributed by atoms with Gasteiger partial charge in [-0.25, -0.2) is 4.79 Å². The van der Waals surface area contributed by atoms with Crippen LogP contribution >= 0.6 is 0 Å². The van der Waals surface area contributed by atoms with Gasteiger partial charge in [0.05, 0.1) is 19.1 Å². The van der Waals surface area contributed by atoms with Crippen LogP contribution in [0.5, 0.6) is 0 Å². The molecule has 1 aromatic rings. The maximum Gasteiger partial charge on any atom is 0.407 e. The Labute approximate surface area is 173 Å². The zero-order valence-electron chi connectivity index (χ0n) is 18.0. The van der Waals surface area contributed by atoms with Gasteiger partial charge in [-0.2, -0.15) is 0 Å². The lowest BCUT2D eigenvalue weighted by atomic mass is 9.84. The number of alkyl carbamates (subject to hydrolysis) is 1. The van der Waals surface area contributed by atoms with Crippen molar-refractivity contribution in [2.45, 2.75) is 45.4 Å². The van der Waals surface area contributed by atoms with E-state index in [0.29, 0.717) is 37.3 Å². The highest BCUT2D eigenvalue weighted by Crippen LogP contribution is 2.58. The molecule has 0 bridgehead atoms. The summed E-state index contributed by atoms with van der Waals surface area (Å²) >= 11 is 0. The third-order valence-corrected chi connectivity index (χ3v) is 6.56. The largest absolute Gasteiger partial charge is 0.450 e. The monoisotopic (exact) mass is 402 g/mol. The van der Waals surface area contributed by atoms with Crippen molar-refractivity contribution in [3.63, 3.8) is 0 Å². The van der Waals surface area contributed by atoms with E-state index >= 15 is 0 Å². The van der Waals surface area contributed by atoms with Crippen LogP contribution < -0.4 is 5.32 Å². The van der Waals surface area contributed by atoms with Gasteiger partial charge in [-0.1, -0.05) is 45.0 Å². The molecule has 6 heteroatoms. The first-order valence-electron chi connectivity index (χ1n) is 10.7. The van der Waals surface area contributed by atoms with Crippen molar-refractivity contribution in [1.29, 1.82) is 0 Å². The van der Waals surface area contributed by atoms with E-state index in [1.54, 1.807) is 6.92 Å². The van der Waals surface area contributed by atoms with Crippen molar-refractivity contribution in [3.8, 4) is 0 Å².